The van der Waals surface area contributed by atoms with Crippen LogP contribution in [0.2, 0.25) is 0 Å². The van der Waals surface area contributed by atoms with Gasteiger partial charge in [-0.3, -0.25) is 0 Å². The van der Waals surface area contributed by atoms with Gasteiger partial charge < -0.3 is 15.2 Å². The number of aliphatic carboxylic acids is 1. The zero-order chi connectivity index (χ0) is 10.1. The van der Waals surface area contributed by atoms with Crippen LogP contribution in [0, 0.1) is 0 Å². The lowest BCUT2D eigenvalue weighted by atomic mass is 9.94. The predicted octanol–water partition coefficient (Wildman–Crippen LogP) is 0.0848. The predicted molar refractivity (Wildman–Crippen MR) is 39.8 cm³/mol. The molecule has 6 heteroatoms. The molecule has 1 fully saturated rings. The van der Waals surface area contributed by atoms with Crippen molar-refractivity contribution < 1.29 is 23.4 Å². The van der Waals surface area contributed by atoms with Crippen LogP contribution < -0.4 is 5.32 Å². The minimum Gasteiger partial charge on any atom is -0.477 e. The number of halogens is 2. The van der Waals surface area contributed by atoms with E-state index in [9.17, 15) is 13.6 Å². The van der Waals surface area contributed by atoms with Crippen molar-refractivity contribution in [3.05, 3.63) is 0 Å². The summed E-state index contributed by atoms with van der Waals surface area (Å²) in [6, 6.07) is 0. The van der Waals surface area contributed by atoms with Crippen molar-refractivity contribution in [1.82, 2.24) is 5.32 Å². The zero-order valence-electron chi connectivity index (χ0n) is 7.14. The molecule has 1 heterocycles. The highest BCUT2D eigenvalue weighted by Gasteiger charge is 2.61. The number of methoxy groups -OCH3 is 1. The molecule has 13 heavy (non-hydrogen) atoms. The van der Waals surface area contributed by atoms with Crippen molar-refractivity contribution in [2.75, 3.05) is 20.2 Å². The molecule has 0 aliphatic carbocycles. The molecule has 0 spiro atoms. The van der Waals surface area contributed by atoms with Crippen LogP contribution in [0.3, 0.4) is 0 Å². The van der Waals surface area contributed by atoms with E-state index in [4.69, 9.17) is 5.11 Å². The molecule has 0 aromatic carbocycles. The summed E-state index contributed by atoms with van der Waals surface area (Å²) in [6.45, 7) is 0.208. The van der Waals surface area contributed by atoms with Crippen LogP contribution in [-0.4, -0.2) is 42.8 Å². The number of rotatable bonds is 3. The number of nitrogens with one attached hydrogen (secondary N) is 1. The first-order valence-electron chi connectivity index (χ1n) is 3.83. The van der Waals surface area contributed by atoms with Gasteiger partial charge in [0, 0.05) is 13.7 Å². The van der Waals surface area contributed by atoms with Gasteiger partial charge in [-0.1, -0.05) is 0 Å². The minimum atomic E-state index is -3.84. The first kappa shape index (κ1) is 10.3. The standard InChI is InChI=1S/C7H11F2NO3/c1-13-6(2-3-10-4-6)7(8,9)5(11)12/h10H,2-4H2,1H3,(H,11,12). The van der Waals surface area contributed by atoms with E-state index in [1.165, 1.54) is 0 Å². The Hall–Kier alpha value is -0.750. The van der Waals surface area contributed by atoms with Crippen LogP contribution in [0.5, 0.6) is 0 Å². The third-order valence-corrected chi connectivity index (χ3v) is 2.35. The van der Waals surface area contributed by atoms with Gasteiger partial charge in [-0.15, -0.1) is 0 Å². The molecule has 0 aromatic rings. The molecule has 76 valence electrons. The first-order valence-corrected chi connectivity index (χ1v) is 3.83. The van der Waals surface area contributed by atoms with E-state index < -0.39 is 17.5 Å². The Morgan fingerprint density at radius 2 is 2.31 bits per heavy atom. The van der Waals surface area contributed by atoms with Crippen molar-refractivity contribution >= 4 is 5.97 Å². The Balaban J connectivity index is 2.93. The van der Waals surface area contributed by atoms with Crippen molar-refractivity contribution in [2.45, 2.75) is 17.9 Å². The molecule has 0 bridgehead atoms. The summed E-state index contributed by atoms with van der Waals surface area (Å²) in [5.74, 6) is -5.98. The molecule has 1 aliphatic rings. The largest absolute Gasteiger partial charge is 0.477 e. The molecule has 0 aromatic heterocycles. The Morgan fingerprint density at radius 3 is 2.62 bits per heavy atom. The number of carbonyl (C=O) groups is 1. The topological polar surface area (TPSA) is 58.6 Å². The van der Waals surface area contributed by atoms with Gasteiger partial charge in [0.1, 0.15) is 0 Å². The van der Waals surface area contributed by atoms with Gasteiger partial charge >= 0.3 is 11.9 Å². The van der Waals surface area contributed by atoms with Gasteiger partial charge in [-0.2, -0.15) is 8.78 Å². The molecule has 0 saturated carbocycles. The molecule has 2 N–H and O–H groups in total. The van der Waals surface area contributed by atoms with Gasteiger partial charge in [0.2, 0.25) is 0 Å². The van der Waals surface area contributed by atoms with Gasteiger partial charge in [-0.05, 0) is 13.0 Å². The van der Waals surface area contributed by atoms with E-state index in [2.05, 4.69) is 10.1 Å². The van der Waals surface area contributed by atoms with Gasteiger partial charge in [0.15, 0.2) is 5.60 Å². The Morgan fingerprint density at radius 1 is 1.69 bits per heavy atom. The molecule has 4 nitrogen and oxygen atoms in total. The molecule has 1 saturated heterocycles. The molecular formula is C7H11F2NO3. The molecule has 1 unspecified atom stereocenters. The smallest absolute Gasteiger partial charge is 0.377 e. The summed E-state index contributed by atoms with van der Waals surface area (Å²) >= 11 is 0. The minimum absolute atomic E-state index is 0.00278. The van der Waals surface area contributed by atoms with E-state index in [-0.39, 0.29) is 13.0 Å². The number of hydrogen-bond acceptors (Lipinski definition) is 3. The second-order valence-corrected chi connectivity index (χ2v) is 3.00. The number of alkyl halides is 2. The SMILES string of the molecule is COC1(C(F)(F)C(=O)O)CCNC1. The van der Waals surface area contributed by atoms with Crippen molar-refractivity contribution in [3.8, 4) is 0 Å². The third kappa shape index (κ3) is 1.40. The second-order valence-electron chi connectivity index (χ2n) is 3.00. The van der Waals surface area contributed by atoms with Crippen LogP contribution in [-0.2, 0) is 9.53 Å². The maximum absolute atomic E-state index is 13.1. The number of ether oxygens (including phenoxy) is 1. The van der Waals surface area contributed by atoms with Crippen LogP contribution in [0.4, 0.5) is 8.78 Å². The Bertz CT molecular complexity index is 214. The summed E-state index contributed by atoms with van der Waals surface area (Å²) in [4.78, 5) is 10.3. The normalized spacial score (nSPS) is 29.2. The molecule has 0 amide bonds. The molecule has 0 radical (unpaired) electrons. The highest BCUT2D eigenvalue weighted by Crippen LogP contribution is 2.36. The zero-order valence-corrected chi connectivity index (χ0v) is 7.14. The number of hydrogen-bond donors (Lipinski definition) is 2. The lowest BCUT2D eigenvalue weighted by Crippen LogP contribution is -2.55. The lowest BCUT2D eigenvalue weighted by Gasteiger charge is -2.31. The third-order valence-electron chi connectivity index (χ3n) is 2.35. The Labute approximate surface area is 73.9 Å². The maximum atomic E-state index is 13.1. The number of carboxylic acids is 1. The number of carboxylic acid groups (broad SMARTS) is 1. The van der Waals surface area contributed by atoms with E-state index in [0.717, 1.165) is 7.11 Å². The molecule has 1 atom stereocenters. The van der Waals surface area contributed by atoms with Gasteiger partial charge in [0.25, 0.3) is 0 Å². The second kappa shape index (κ2) is 3.19. The summed E-state index contributed by atoms with van der Waals surface area (Å²) in [7, 11) is 1.10. The fourth-order valence-electron chi connectivity index (χ4n) is 1.43. The summed E-state index contributed by atoms with van der Waals surface area (Å²) in [5, 5.41) is 11.0. The molecule has 1 rings (SSSR count). The fraction of sp³-hybridized carbons (Fsp3) is 0.857. The quantitative estimate of drug-likeness (QED) is 0.669. The van der Waals surface area contributed by atoms with Gasteiger partial charge in [-0.25, -0.2) is 4.79 Å². The van der Waals surface area contributed by atoms with Crippen molar-refractivity contribution in [1.29, 1.82) is 0 Å². The van der Waals surface area contributed by atoms with Crippen LogP contribution in [0.25, 0.3) is 0 Å². The van der Waals surface area contributed by atoms with Gasteiger partial charge in [0.05, 0.1) is 0 Å². The summed E-state index contributed by atoms with van der Waals surface area (Å²) < 4.78 is 30.9. The Kier molecular flexibility index (Phi) is 2.53. The lowest BCUT2D eigenvalue weighted by molar-refractivity contribution is -0.210. The van der Waals surface area contributed by atoms with Crippen LogP contribution >= 0.6 is 0 Å². The van der Waals surface area contributed by atoms with E-state index in [1.807, 2.05) is 0 Å². The summed E-state index contributed by atoms with van der Waals surface area (Å²) in [6.07, 6.45) is 0.00278. The molecular weight excluding hydrogens is 184 g/mol. The summed E-state index contributed by atoms with van der Waals surface area (Å²) in [5.41, 5.74) is -1.89. The highest BCUT2D eigenvalue weighted by molar-refractivity contribution is 5.77. The van der Waals surface area contributed by atoms with Crippen LogP contribution in [0.15, 0.2) is 0 Å². The maximum Gasteiger partial charge on any atom is 0.377 e. The van der Waals surface area contributed by atoms with Crippen molar-refractivity contribution in [2.24, 2.45) is 0 Å². The van der Waals surface area contributed by atoms with E-state index >= 15 is 0 Å². The fourth-order valence-corrected chi connectivity index (χ4v) is 1.43. The molecule has 1 aliphatic heterocycles. The highest BCUT2D eigenvalue weighted by atomic mass is 19.3. The average Bonchev–Trinajstić information content (AvgIpc) is 2.53. The van der Waals surface area contributed by atoms with E-state index in [0.29, 0.717) is 6.54 Å². The van der Waals surface area contributed by atoms with Crippen molar-refractivity contribution in [3.63, 3.8) is 0 Å². The van der Waals surface area contributed by atoms with E-state index in [1.54, 1.807) is 0 Å². The average molecular weight is 195 g/mol. The first-order chi connectivity index (χ1) is 5.96. The van der Waals surface area contributed by atoms with Crippen LogP contribution in [0.1, 0.15) is 6.42 Å². The monoisotopic (exact) mass is 195 g/mol.